The smallest absolute Gasteiger partial charge is 0.0586 e. The van der Waals surface area contributed by atoms with E-state index in [9.17, 15) is 0 Å². The zero-order valence-electron chi connectivity index (χ0n) is 5.18. The first-order valence-electron chi connectivity index (χ1n) is 2.91. The van der Waals surface area contributed by atoms with Gasteiger partial charge in [0.05, 0.1) is 11.4 Å². The Hall–Kier alpha value is 0.370. The second-order valence-corrected chi connectivity index (χ2v) is 3.76. The molecular formula is C6H7Cl2NS. The lowest BCUT2D eigenvalue weighted by molar-refractivity contribution is 0.765. The molecule has 2 unspecified atom stereocenters. The van der Waals surface area contributed by atoms with Crippen molar-refractivity contribution in [2.24, 2.45) is 5.73 Å². The predicted molar refractivity (Wildman–Crippen MR) is 48.8 cm³/mol. The summed E-state index contributed by atoms with van der Waals surface area (Å²) in [4.78, 5) is 0.649. The normalized spacial score (nSPS) is 33.9. The second-order valence-electron chi connectivity index (χ2n) is 2.24. The van der Waals surface area contributed by atoms with Gasteiger partial charge >= 0.3 is 0 Å². The molecule has 10 heavy (non-hydrogen) atoms. The number of hydrogen-bond acceptors (Lipinski definition) is 2. The summed E-state index contributed by atoms with van der Waals surface area (Å²) in [5.41, 5.74) is 5.61. The average molecular weight is 196 g/mol. The highest BCUT2D eigenvalue weighted by Crippen LogP contribution is 2.23. The fraction of sp³-hybridized carbons (Fsp3) is 0.500. The zero-order chi connectivity index (χ0) is 7.72. The van der Waals surface area contributed by atoms with Gasteiger partial charge in [0.2, 0.25) is 0 Å². The summed E-state index contributed by atoms with van der Waals surface area (Å²) in [6.45, 7) is 0. The topological polar surface area (TPSA) is 26.0 Å². The van der Waals surface area contributed by atoms with Crippen molar-refractivity contribution in [3.8, 4) is 0 Å². The maximum atomic E-state index is 5.82. The minimum Gasteiger partial charge on any atom is -0.322 e. The fourth-order valence-electron chi connectivity index (χ4n) is 0.801. The van der Waals surface area contributed by atoms with Crippen LogP contribution >= 0.6 is 35.4 Å². The van der Waals surface area contributed by atoms with E-state index in [1.807, 2.05) is 0 Å². The van der Waals surface area contributed by atoms with E-state index in [2.05, 4.69) is 0 Å². The Morgan fingerprint density at radius 3 is 2.80 bits per heavy atom. The summed E-state index contributed by atoms with van der Waals surface area (Å²) in [6, 6.07) is -0.209. The number of hydrogen-bond donors (Lipinski definition) is 1. The van der Waals surface area contributed by atoms with Crippen molar-refractivity contribution in [3.63, 3.8) is 0 Å². The molecule has 1 aliphatic carbocycles. The van der Waals surface area contributed by atoms with Gasteiger partial charge in [0.15, 0.2) is 0 Å². The predicted octanol–water partition coefficient (Wildman–Crippen LogP) is 1.82. The van der Waals surface area contributed by atoms with Gasteiger partial charge in [-0.25, -0.2) is 0 Å². The van der Waals surface area contributed by atoms with Crippen LogP contribution in [0.3, 0.4) is 0 Å². The van der Waals surface area contributed by atoms with Crippen LogP contribution in [-0.4, -0.2) is 16.3 Å². The third-order valence-electron chi connectivity index (χ3n) is 1.41. The highest BCUT2D eigenvalue weighted by atomic mass is 35.5. The second kappa shape index (κ2) is 3.18. The highest BCUT2D eigenvalue weighted by molar-refractivity contribution is 7.80. The number of rotatable bonds is 0. The molecule has 0 radical (unpaired) electrons. The molecule has 0 bridgehead atoms. The molecule has 0 heterocycles. The lowest BCUT2D eigenvalue weighted by Crippen LogP contribution is -2.39. The summed E-state index contributed by atoms with van der Waals surface area (Å²) >= 11 is 16.4. The number of nitrogens with two attached hydrogens (primary N) is 1. The standard InChI is InChI=1S/C6H7Cl2NS/c7-3-1-4(8)6(9)5(10)2-3/h2,4,6H,1,9H2. The number of alkyl halides is 1. The Labute approximate surface area is 75.2 Å². The summed E-state index contributed by atoms with van der Waals surface area (Å²) < 4.78 is 0. The van der Waals surface area contributed by atoms with Crippen molar-refractivity contribution < 1.29 is 0 Å². The average Bonchev–Trinajstić information content (AvgIpc) is 1.82. The molecule has 0 aromatic heterocycles. The van der Waals surface area contributed by atoms with E-state index in [0.29, 0.717) is 16.3 Å². The molecule has 0 aliphatic heterocycles. The molecule has 0 spiro atoms. The Morgan fingerprint density at radius 2 is 2.30 bits per heavy atom. The Morgan fingerprint density at radius 1 is 1.70 bits per heavy atom. The third-order valence-corrected chi connectivity index (χ3v) is 2.49. The number of allylic oxidation sites excluding steroid dienone is 1. The molecular weight excluding hydrogens is 189 g/mol. The number of thiocarbonyl (C=S) groups is 1. The van der Waals surface area contributed by atoms with E-state index in [1.165, 1.54) is 0 Å². The van der Waals surface area contributed by atoms with Crippen LogP contribution in [0.2, 0.25) is 0 Å². The molecule has 0 aromatic carbocycles. The van der Waals surface area contributed by atoms with Gasteiger partial charge in [0.25, 0.3) is 0 Å². The molecule has 4 heteroatoms. The third kappa shape index (κ3) is 1.70. The van der Waals surface area contributed by atoms with Crippen LogP contribution in [0.1, 0.15) is 6.42 Å². The van der Waals surface area contributed by atoms with Gasteiger partial charge < -0.3 is 5.73 Å². The van der Waals surface area contributed by atoms with E-state index in [-0.39, 0.29) is 11.4 Å². The molecule has 0 aromatic rings. The zero-order valence-corrected chi connectivity index (χ0v) is 7.51. The van der Waals surface area contributed by atoms with Crippen molar-refractivity contribution >= 4 is 40.3 Å². The first-order chi connectivity index (χ1) is 4.61. The Kier molecular flexibility index (Phi) is 2.69. The van der Waals surface area contributed by atoms with Crippen molar-refractivity contribution in [1.82, 2.24) is 0 Å². The highest BCUT2D eigenvalue weighted by Gasteiger charge is 2.23. The van der Waals surface area contributed by atoms with Crippen LogP contribution in [0.15, 0.2) is 11.1 Å². The minimum atomic E-state index is -0.209. The van der Waals surface area contributed by atoms with Crippen LogP contribution in [0.5, 0.6) is 0 Å². The quantitative estimate of drug-likeness (QED) is 0.472. The summed E-state index contributed by atoms with van der Waals surface area (Å²) in [5, 5.41) is 0.566. The van der Waals surface area contributed by atoms with Gasteiger partial charge in [0, 0.05) is 16.3 Å². The largest absolute Gasteiger partial charge is 0.322 e. The SMILES string of the molecule is NC1C(=S)C=C(Cl)CC1Cl. The maximum Gasteiger partial charge on any atom is 0.0586 e. The van der Waals surface area contributed by atoms with Crippen LogP contribution in [0.25, 0.3) is 0 Å². The van der Waals surface area contributed by atoms with Gasteiger partial charge in [-0.15, -0.1) is 11.6 Å². The van der Waals surface area contributed by atoms with Gasteiger partial charge in [-0.05, 0) is 6.08 Å². The first-order valence-corrected chi connectivity index (χ1v) is 4.13. The molecule has 0 amide bonds. The Balaban J connectivity index is 2.79. The summed E-state index contributed by atoms with van der Waals surface area (Å²) in [7, 11) is 0. The fourth-order valence-corrected chi connectivity index (χ4v) is 1.91. The van der Waals surface area contributed by atoms with Gasteiger partial charge in [-0.2, -0.15) is 0 Å². The van der Waals surface area contributed by atoms with Gasteiger partial charge in [-0.1, -0.05) is 23.8 Å². The molecule has 0 saturated heterocycles. The van der Waals surface area contributed by atoms with Crippen LogP contribution in [0, 0.1) is 0 Å². The van der Waals surface area contributed by atoms with Crippen molar-refractivity contribution in [2.75, 3.05) is 0 Å². The molecule has 56 valence electrons. The van der Waals surface area contributed by atoms with Crippen LogP contribution in [0.4, 0.5) is 0 Å². The lowest BCUT2D eigenvalue weighted by atomic mass is 10.0. The lowest BCUT2D eigenvalue weighted by Gasteiger charge is -2.21. The first kappa shape index (κ1) is 8.47. The Bertz CT molecular complexity index is 190. The van der Waals surface area contributed by atoms with Crippen LogP contribution in [-0.2, 0) is 0 Å². The van der Waals surface area contributed by atoms with E-state index in [0.717, 1.165) is 0 Å². The molecule has 1 rings (SSSR count). The molecule has 2 atom stereocenters. The summed E-state index contributed by atoms with van der Waals surface area (Å²) in [5.74, 6) is 0. The van der Waals surface area contributed by atoms with E-state index in [4.69, 9.17) is 41.2 Å². The van der Waals surface area contributed by atoms with E-state index in [1.54, 1.807) is 6.08 Å². The molecule has 0 fully saturated rings. The summed E-state index contributed by atoms with van der Waals surface area (Å²) in [6.07, 6.45) is 2.34. The minimum absolute atomic E-state index is 0.134. The van der Waals surface area contributed by atoms with Gasteiger partial charge in [-0.3, -0.25) is 0 Å². The monoisotopic (exact) mass is 195 g/mol. The van der Waals surface area contributed by atoms with Gasteiger partial charge in [0.1, 0.15) is 0 Å². The van der Waals surface area contributed by atoms with Crippen molar-refractivity contribution in [3.05, 3.63) is 11.1 Å². The van der Waals surface area contributed by atoms with Crippen LogP contribution < -0.4 is 5.73 Å². The molecule has 0 saturated carbocycles. The van der Waals surface area contributed by atoms with Crippen molar-refractivity contribution in [2.45, 2.75) is 17.8 Å². The number of halogens is 2. The maximum absolute atomic E-state index is 5.82. The van der Waals surface area contributed by atoms with Crippen molar-refractivity contribution in [1.29, 1.82) is 0 Å². The molecule has 1 aliphatic rings. The van der Waals surface area contributed by atoms with E-state index < -0.39 is 0 Å². The molecule has 2 N–H and O–H groups in total. The molecule has 1 nitrogen and oxygen atoms in total. The van der Waals surface area contributed by atoms with E-state index >= 15 is 0 Å².